The highest BCUT2D eigenvalue weighted by Crippen LogP contribution is 2.44. The van der Waals surface area contributed by atoms with Crippen LogP contribution in [0.4, 0.5) is 4.79 Å². The van der Waals surface area contributed by atoms with Crippen LogP contribution < -0.4 is 5.32 Å². The first-order valence-corrected chi connectivity index (χ1v) is 8.91. The Labute approximate surface area is 127 Å². The van der Waals surface area contributed by atoms with Gasteiger partial charge in [0.05, 0.1) is 6.10 Å². The number of amides is 2. The molecule has 2 saturated heterocycles. The first-order valence-electron chi connectivity index (χ1n) is 8.91. The quantitative estimate of drug-likeness (QED) is 0.850. The standard InChI is InChI=1S/C17H28N2O2/c20-16(19-11-17(12-19)7-2-1-3-8-17)18-14-6-9-21-15(10-14)13-4-5-13/h13-15H,1-12H2,(H,18,20). The number of nitrogens with one attached hydrogen (secondary N) is 1. The normalized spacial score (nSPS) is 35.3. The minimum absolute atomic E-state index is 0.174. The van der Waals surface area contributed by atoms with Gasteiger partial charge >= 0.3 is 6.03 Å². The molecule has 2 aliphatic heterocycles. The molecule has 21 heavy (non-hydrogen) atoms. The van der Waals surface area contributed by atoms with Crippen molar-refractivity contribution >= 4 is 6.03 Å². The zero-order chi connectivity index (χ0) is 14.3. The SMILES string of the molecule is O=C(NC1CCOC(C2CC2)C1)N1CC2(CCCCC2)C1. The number of rotatable bonds is 2. The molecule has 2 atom stereocenters. The zero-order valence-electron chi connectivity index (χ0n) is 13.0. The lowest BCUT2D eigenvalue weighted by molar-refractivity contribution is -0.0181. The summed E-state index contributed by atoms with van der Waals surface area (Å²) in [4.78, 5) is 14.4. The smallest absolute Gasteiger partial charge is 0.317 e. The van der Waals surface area contributed by atoms with Crippen molar-refractivity contribution in [3.8, 4) is 0 Å². The van der Waals surface area contributed by atoms with Crippen molar-refractivity contribution in [1.82, 2.24) is 10.2 Å². The van der Waals surface area contributed by atoms with Crippen molar-refractivity contribution in [3.05, 3.63) is 0 Å². The molecule has 4 aliphatic rings. The van der Waals surface area contributed by atoms with Gasteiger partial charge in [-0.15, -0.1) is 0 Å². The number of carbonyl (C=O) groups is 1. The molecule has 1 N–H and O–H groups in total. The topological polar surface area (TPSA) is 41.6 Å². The second-order valence-corrected chi connectivity index (χ2v) is 7.83. The fourth-order valence-electron chi connectivity index (χ4n) is 4.55. The molecule has 4 fully saturated rings. The predicted octanol–water partition coefficient (Wildman–Crippen LogP) is 2.92. The summed E-state index contributed by atoms with van der Waals surface area (Å²) in [5.41, 5.74) is 0.488. The Balaban J connectivity index is 1.24. The second kappa shape index (κ2) is 5.45. The van der Waals surface area contributed by atoms with Crippen LogP contribution in [0.15, 0.2) is 0 Å². The van der Waals surface area contributed by atoms with E-state index < -0.39 is 0 Å². The lowest BCUT2D eigenvalue weighted by atomic mass is 9.69. The van der Waals surface area contributed by atoms with Gasteiger partial charge in [-0.2, -0.15) is 0 Å². The third kappa shape index (κ3) is 2.92. The van der Waals surface area contributed by atoms with Crippen molar-refractivity contribution in [2.75, 3.05) is 19.7 Å². The fraction of sp³-hybridized carbons (Fsp3) is 0.941. The average molecular weight is 292 g/mol. The van der Waals surface area contributed by atoms with E-state index in [1.165, 1.54) is 44.9 Å². The molecule has 2 unspecified atom stereocenters. The first-order chi connectivity index (χ1) is 10.2. The number of urea groups is 1. The van der Waals surface area contributed by atoms with Gasteiger partial charge in [0.25, 0.3) is 0 Å². The molecule has 2 saturated carbocycles. The van der Waals surface area contributed by atoms with E-state index in [4.69, 9.17) is 4.74 Å². The van der Waals surface area contributed by atoms with Crippen molar-refractivity contribution in [3.63, 3.8) is 0 Å². The summed E-state index contributed by atoms with van der Waals surface area (Å²) in [5, 5.41) is 3.26. The number of likely N-dealkylation sites (tertiary alicyclic amines) is 1. The van der Waals surface area contributed by atoms with Gasteiger partial charge < -0.3 is 15.0 Å². The Morgan fingerprint density at radius 3 is 2.57 bits per heavy atom. The summed E-state index contributed by atoms with van der Waals surface area (Å²) in [5.74, 6) is 0.777. The van der Waals surface area contributed by atoms with Gasteiger partial charge in [0.2, 0.25) is 0 Å². The first kappa shape index (κ1) is 13.9. The van der Waals surface area contributed by atoms with E-state index in [0.29, 0.717) is 17.6 Å². The number of carbonyl (C=O) groups excluding carboxylic acids is 1. The van der Waals surface area contributed by atoms with Gasteiger partial charge in [-0.05, 0) is 44.4 Å². The molecule has 2 aliphatic carbocycles. The largest absolute Gasteiger partial charge is 0.378 e. The maximum atomic E-state index is 12.4. The molecule has 0 bridgehead atoms. The molecule has 1 spiro atoms. The lowest BCUT2D eigenvalue weighted by Crippen LogP contribution is -2.62. The van der Waals surface area contributed by atoms with Crippen LogP contribution in [0.3, 0.4) is 0 Å². The van der Waals surface area contributed by atoms with E-state index >= 15 is 0 Å². The van der Waals surface area contributed by atoms with Gasteiger partial charge in [-0.1, -0.05) is 19.3 Å². The van der Waals surface area contributed by atoms with E-state index in [0.717, 1.165) is 38.5 Å². The van der Waals surface area contributed by atoms with Crippen molar-refractivity contribution < 1.29 is 9.53 Å². The van der Waals surface area contributed by atoms with E-state index in [9.17, 15) is 4.79 Å². The highest BCUT2D eigenvalue weighted by atomic mass is 16.5. The van der Waals surface area contributed by atoms with Crippen LogP contribution in [-0.4, -0.2) is 42.8 Å². The monoisotopic (exact) mass is 292 g/mol. The number of hydrogen-bond donors (Lipinski definition) is 1. The average Bonchev–Trinajstić information content (AvgIpc) is 3.30. The number of ether oxygens (including phenoxy) is 1. The van der Waals surface area contributed by atoms with Crippen LogP contribution in [0.25, 0.3) is 0 Å². The van der Waals surface area contributed by atoms with Gasteiger partial charge in [0.1, 0.15) is 0 Å². The van der Waals surface area contributed by atoms with Crippen LogP contribution >= 0.6 is 0 Å². The minimum atomic E-state index is 0.174. The Kier molecular flexibility index (Phi) is 3.60. The molecule has 2 amide bonds. The molecule has 4 nitrogen and oxygen atoms in total. The van der Waals surface area contributed by atoms with Crippen LogP contribution in [0, 0.1) is 11.3 Å². The molecule has 4 heteroatoms. The van der Waals surface area contributed by atoms with E-state index in [-0.39, 0.29) is 6.03 Å². The summed E-state index contributed by atoms with van der Waals surface area (Å²) in [6.45, 7) is 2.80. The molecule has 2 heterocycles. The van der Waals surface area contributed by atoms with Gasteiger partial charge in [-0.25, -0.2) is 4.79 Å². The van der Waals surface area contributed by atoms with Gasteiger partial charge in [0.15, 0.2) is 0 Å². The van der Waals surface area contributed by atoms with E-state index in [1.54, 1.807) is 0 Å². The summed E-state index contributed by atoms with van der Waals surface area (Å²) in [7, 11) is 0. The van der Waals surface area contributed by atoms with E-state index in [2.05, 4.69) is 5.32 Å². The molecule has 0 radical (unpaired) electrons. The Bertz CT molecular complexity index is 394. The summed E-state index contributed by atoms with van der Waals surface area (Å²) in [6.07, 6.45) is 11.8. The fourth-order valence-corrected chi connectivity index (χ4v) is 4.55. The van der Waals surface area contributed by atoms with Crippen molar-refractivity contribution in [1.29, 1.82) is 0 Å². The third-order valence-corrected chi connectivity index (χ3v) is 6.04. The summed E-state index contributed by atoms with van der Waals surface area (Å²) in [6, 6.07) is 0.507. The number of nitrogens with zero attached hydrogens (tertiary/aromatic N) is 1. The predicted molar refractivity (Wildman–Crippen MR) is 81.1 cm³/mol. The van der Waals surface area contributed by atoms with Crippen LogP contribution in [0.5, 0.6) is 0 Å². The molecule has 0 aromatic carbocycles. The van der Waals surface area contributed by atoms with Crippen molar-refractivity contribution in [2.45, 2.75) is 69.9 Å². The molecule has 118 valence electrons. The molecular weight excluding hydrogens is 264 g/mol. The number of hydrogen-bond acceptors (Lipinski definition) is 2. The van der Waals surface area contributed by atoms with Crippen LogP contribution in [-0.2, 0) is 4.74 Å². The molecule has 0 aromatic rings. The molecule has 4 rings (SSSR count). The van der Waals surface area contributed by atoms with Crippen molar-refractivity contribution in [2.24, 2.45) is 11.3 Å². The molecular formula is C17H28N2O2. The Morgan fingerprint density at radius 1 is 1.10 bits per heavy atom. The summed E-state index contributed by atoms with van der Waals surface area (Å²) < 4.78 is 5.84. The van der Waals surface area contributed by atoms with E-state index in [1.807, 2.05) is 4.90 Å². The van der Waals surface area contributed by atoms with Crippen LogP contribution in [0.1, 0.15) is 57.8 Å². The zero-order valence-corrected chi connectivity index (χ0v) is 13.0. The lowest BCUT2D eigenvalue weighted by Gasteiger charge is -2.52. The summed E-state index contributed by atoms with van der Waals surface area (Å²) >= 11 is 0. The maximum absolute atomic E-state index is 12.4. The van der Waals surface area contributed by atoms with Gasteiger partial charge in [-0.3, -0.25) is 0 Å². The van der Waals surface area contributed by atoms with Gasteiger partial charge in [0, 0.05) is 31.2 Å². The molecule has 0 aromatic heterocycles. The third-order valence-electron chi connectivity index (χ3n) is 6.04. The Hall–Kier alpha value is -0.770. The maximum Gasteiger partial charge on any atom is 0.317 e. The second-order valence-electron chi connectivity index (χ2n) is 7.83. The minimum Gasteiger partial charge on any atom is -0.378 e. The highest BCUT2D eigenvalue weighted by Gasteiger charge is 2.46. The highest BCUT2D eigenvalue weighted by molar-refractivity contribution is 5.75. The van der Waals surface area contributed by atoms with Crippen LogP contribution in [0.2, 0.25) is 0 Å². The Morgan fingerprint density at radius 2 is 1.86 bits per heavy atom.